The Kier molecular flexibility index (Phi) is 0.477. The minimum Gasteiger partial charge on any atom is -0.320 e. The van der Waals surface area contributed by atoms with Crippen LogP contribution < -0.4 is 5.73 Å². The van der Waals surface area contributed by atoms with Gasteiger partial charge in [-0.25, -0.2) is 8.78 Å². The molecule has 46 valence electrons. The van der Waals surface area contributed by atoms with E-state index < -0.39 is 11.5 Å². The summed E-state index contributed by atoms with van der Waals surface area (Å²) in [6, 6.07) is 0. The van der Waals surface area contributed by atoms with Crippen LogP contribution in [0.2, 0.25) is 0 Å². The second-order valence-corrected chi connectivity index (χ2v) is 2.88. The molecule has 8 heavy (non-hydrogen) atoms. The van der Waals surface area contributed by atoms with Gasteiger partial charge < -0.3 is 5.73 Å². The maximum absolute atomic E-state index is 12.2. The lowest BCUT2D eigenvalue weighted by atomic mass is 9.47. The maximum atomic E-state index is 12.2. The molecule has 0 spiro atoms. The largest absolute Gasteiger partial charge is 0.320 e. The van der Waals surface area contributed by atoms with Crippen LogP contribution in [-0.2, 0) is 0 Å². The van der Waals surface area contributed by atoms with Crippen molar-refractivity contribution in [2.45, 2.75) is 24.3 Å². The van der Waals surface area contributed by atoms with Gasteiger partial charge in [0, 0.05) is 5.92 Å². The van der Waals surface area contributed by atoms with Crippen LogP contribution >= 0.6 is 0 Å². The number of hydrogen-bond donors (Lipinski definition) is 1. The van der Waals surface area contributed by atoms with Crippen molar-refractivity contribution in [2.24, 2.45) is 11.7 Å². The summed E-state index contributed by atoms with van der Waals surface area (Å²) in [6.07, 6.45) is 1.08. The Labute approximate surface area is 45.9 Å². The summed E-state index contributed by atoms with van der Waals surface area (Å²) in [6.45, 7) is 0. The fraction of sp³-hybridized carbons (Fsp3) is 1.00. The van der Waals surface area contributed by atoms with E-state index in [-0.39, 0.29) is 5.92 Å². The molecule has 0 radical (unpaired) electrons. The third kappa shape index (κ3) is 0.219. The van der Waals surface area contributed by atoms with Gasteiger partial charge >= 0.3 is 0 Å². The molecule has 2 bridgehead atoms. The van der Waals surface area contributed by atoms with E-state index in [0.717, 1.165) is 0 Å². The van der Waals surface area contributed by atoms with E-state index in [0.29, 0.717) is 12.8 Å². The zero-order chi connectivity index (χ0) is 5.99. The molecule has 3 rings (SSSR count). The van der Waals surface area contributed by atoms with Crippen molar-refractivity contribution >= 4 is 0 Å². The van der Waals surface area contributed by atoms with Gasteiger partial charge in [0.25, 0.3) is 5.92 Å². The van der Waals surface area contributed by atoms with Crippen molar-refractivity contribution < 1.29 is 8.78 Å². The van der Waals surface area contributed by atoms with E-state index in [1.807, 2.05) is 0 Å². The van der Waals surface area contributed by atoms with Crippen LogP contribution in [0.3, 0.4) is 0 Å². The Morgan fingerprint density at radius 3 is 1.75 bits per heavy atom. The lowest BCUT2D eigenvalue weighted by Gasteiger charge is -2.65. The summed E-state index contributed by atoms with van der Waals surface area (Å²) >= 11 is 0. The van der Waals surface area contributed by atoms with Crippen molar-refractivity contribution in [1.29, 1.82) is 0 Å². The van der Waals surface area contributed by atoms with Crippen LogP contribution in [0.1, 0.15) is 12.8 Å². The summed E-state index contributed by atoms with van der Waals surface area (Å²) in [4.78, 5) is 0. The molecule has 3 heteroatoms. The average molecular weight is 119 g/mol. The first kappa shape index (κ1) is 4.68. The SMILES string of the molecule is NC12CC(C1)C2(F)F. The summed E-state index contributed by atoms with van der Waals surface area (Å²) in [5.41, 5.74) is 4.14. The highest BCUT2D eigenvalue weighted by atomic mass is 19.3. The number of alkyl halides is 2. The number of rotatable bonds is 0. The minimum absolute atomic E-state index is 0.368. The molecule has 0 saturated heterocycles. The molecule has 0 aromatic rings. The minimum atomic E-state index is -2.51. The standard InChI is InChI=1S/C5H7F2N/c6-5(7)3-1-4(5,8)2-3/h3H,1-2,8H2. The van der Waals surface area contributed by atoms with Gasteiger partial charge in [-0.05, 0) is 12.8 Å². The summed E-state index contributed by atoms with van der Waals surface area (Å²) in [7, 11) is 0. The van der Waals surface area contributed by atoms with Gasteiger partial charge in [0.05, 0.1) is 5.54 Å². The van der Waals surface area contributed by atoms with E-state index in [1.165, 1.54) is 0 Å². The molecule has 3 aliphatic rings. The van der Waals surface area contributed by atoms with Gasteiger partial charge in [-0.15, -0.1) is 0 Å². The predicted octanol–water partition coefficient (Wildman–Crippen LogP) is 0.743. The molecule has 0 atom stereocenters. The number of halogens is 2. The molecule has 0 aromatic heterocycles. The van der Waals surface area contributed by atoms with Crippen LogP contribution in [0.5, 0.6) is 0 Å². The van der Waals surface area contributed by atoms with Crippen LogP contribution in [0.15, 0.2) is 0 Å². The first-order valence-electron chi connectivity index (χ1n) is 2.73. The van der Waals surface area contributed by atoms with Crippen molar-refractivity contribution in [2.75, 3.05) is 0 Å². The molecular formula is C5H7F2N. The zero-order valence-electron chi connectivity index (χ0n) is 4.32. The van der Waals surface area contributed by atoms with Gasteiger partial charge in [-0.2, -0.15) is 0 Å². The summed E-state index contributed by atoms with van der Waals surface area (Å²) < 4.78 is 24.5. The smallest absolute Gasteiger partial charge is 0.268 e. The number of hydrogen-bond acceptors (Lipinski definition) is 1. The second kappa shape index (κ2) is 0.817. The van der Waals surface area contributed by atoms with Crippen LogP contribution in [0, 0.1) is 5.92 Å². The monoisotopic (exact) mass is 119 g/mol. The zero-order valence-corrected chi connectivity index (χ0v) is 4.32. The first-order valence-corrected chi connectivity index (χ1v) is 2.73. The van der Waals surface area contributed by atoms with Gasteiger partial charge in [-0.1, -0.05) is 0 Å². The summed E-state index contributed by atoms with van der Waals surface area (Å²) in [5, 5.41) is 0. The van der Waals surface area contributed by atoms with Crippen LogP contribution in [0.25, 0.3) is 0 Å². The topological polar surface area (TPSA) is 26.0 Å². The Balaban J connectivity index is 2.26. The average Bonchev–Trinajstić information content (AvgIpc) is 1.62. The fourth-order valence-electron chi connectivity index (χ4n) is 1.49. The lowest BCUT2D eigenvalue weighted by Crippen LogP contribution is -2.81. The molecule has 2 N–H and O–H groups in total. The molecule has 3 aliphatic carbocycles. The van der Waals surface area contributed by atoms with Gasteiger partial charge in [-0.3, -0.25) is 0 Å². The molecule has 1 nitrogen and oxygen atoms in total. The van der Waals surface area contributed by atoms with E-state index in [9.17, 15) is 8.78 Å². The van der Waals surface area contributed by atoms with E-state index in [4.69, 9.17) is 5.73 Å². The Hall–Kier alpha value is -0.180. The molecule has 0 amide bonds. The molecule has 0 heterocycles. The Morgan fingerprint density at radius 1 is 1.38 bits per heavy atom. The molecule has 0 aliphatic heterocycles. The molecule has 3 fully saturated rings. The van der Waals surface area contributed by atoms with Crippen molar-refractivity contribution in [1.82, 2.24) is 0 Å². The fourth-order valence-corrected chi connectivity index (χ4v) is 1.49. The highest BCUT2D eigenvalue weighted by Gasteiger charge is 2.77. The third-order valence-electron chi connectivity index (χ3n) is 2.40. The Morgan fingerprint density at radius 2 is 1.75 bits per heavy atom. The summed E-state index contributed by atoms with van der Waals surface area (Å²) in [5.74, 6) is -2.88. The maximum Gasteiger partial charge on any atom is 0.268 e. The van der Waals surface area contributed by atoms with Crippen molar-refractivity contribution in [3.63, 3.8) is 0 Å². The van der Waals surface area contributed by atoms with Crippen LogP contribution in [-0.4, -0.2) is 11.5 Å². The predicted molar refractivity (Wildman–Crippen MR) is 24.6 cm³/mol. The van der Waals surface area contributed by atoms with E-state index in [1.54, 1.807) is 0 Å². The second-order valence-electron chi connectivity index (χ2n) is 2.88. The molecule has 0 unspecified atom stereocenters. The van der Waals surface area contributed by atoms with Crippen molar-refractivity contribution in [3.05, 3.63) is 0 Å². The van der Waals surface area contributed by atoms with Gasteiger partial charge in [0.1, 0.15) is 0 Å². The molecule has 3 saturated carbocycles. The van der Waals surface area contributed by atoms with Crippen molar-refractivity contribution in [3.8, 4) is 0 Å². The van der Waals surface area contributed by atoms with Crippen LogP contribution in [0.4, 0.5) is 8.78 Å². The van der Waals surface area contributed by atoms with E-state index >= 15 is 0 Å². The Bertz CT molecular complexity index is 135. The lowest BCUT2D eigenvalue weighted by molar-refractivity contribution is -0.293. The molecule has 0 aromatic carbocycles. The van der Waals surface area contributed by atoms with E-state index in [2.05, 4.69) is 0 Å². The quantitative estimate of drug-likeness (QED) is 0.500. The molecular weight excluding hydrogens is 112 g/mol. The third-order valence-corrected chi connectivity index (χ3v) is 2.40. The highest BCUT2D eigenvalue weighted by molar-refractivity contribution is 5.24. The van der Waals surface area contributed by atoms with Gasteiger partial charge in [0.15, 0.2) is 0 Å². The first-order chi connectivity index (χ1) is 3.56. The van der Waals surface area contributed by atoms with Gasteiger partial charge in [0.2, 0.25) is 0 Å². The highest BCUT2D eigenvalue weighted by Crippen LogP contribution is 2.65. The number of nitrogens with two attached hydrogens (primary N) is 1. The normalized spacial score (nSPS) is 56.6.